The number of hydrazine groups is 1. The highest BCUT2D eigenvalue weighted by Crippen LogP contribution is 2.05. The minimum absolute atomic E-state index is 0.0339. The van der Waals surface area contributed by atoms with Crippen LogP contribution in [0.5, 0.6) is 0 Å². The van der Waals surface area contributed by atoms with Crippen LogP contribution in [0.1, 0.15) is 15.9 Å². The maximum absolute atomic E-state index is 11.7. The molecule has 0 aromatic heterocycles. The summed E-state index contributed by atoms with van der Waals surface area (Å²) in [5.74, 6) is -0.961. The molecule has 0 saturated carbocycles. The number of nitrogens with one attached hydrogen (secondary N) is 2. The SMILES string of the molecule is Cc1ccc(C(=O)OCN2NCC(=O)NC2=O)cc1. The van der Waals surface area contributed by atoms with Gasteiger partial charge in [0.25, 0.3) is 0 Å². The Morgan fingerprint density at radius 1 is 1.32 bits per heavy atom. The lowest BCUT2D eigenvalue weighted by atomic mass is 10.2. The van der Waals surface area contributed by atoms with Crippen LogP contribution in [0.15, 0.2) is 24.3 Å². The van der Waals surface area contributed by atoms with E-state index in [9.17, 15) is 14.4 Å². The summed E-state index contributed by atoms with van der Waals surface area (Å²) in [7, 11) is 0. The van der Waals surface area contributed by atoms with E-state index in [1.54, 1.807) is 24.3 Å². The van der Waals surface area contributed by atoms with Gasteiger partial charge in [-0.25, -0.2) is 20.0 Å². The Kier molecular flexibility index (Phi) is 3.76. The molecule has 19 heavy (non-hydrogen) atoms. The Hall–Kier alpha value is -2.41. The van der Waals surface area contributed by atoms with Crippen molar-refractivity contribution in [1.82, 2.24) is 15.8 Å². The lowest BCUT2D eigenvalue weighted by molar-refractivity contribution is -0.122. The van der Waals surface area contributed by atoms with Crippen molar-refractivity contribution in [1.29, 1.82) is 0 Å². The van der Waals surface area contributed by atoms with Gasteiger partial charge >= 0.3 is 12.0 Å². The zero-order valence-electron chi connectivity index (χ0n) is 10.3. The van der Waals surface area contributed by atoms with Gasteiger partial charge in [-0.05, 0) is 19.1 Å². The third-order valence-electron chi connectivity index (χ3n) is 2.53. The molecule has 7 heteroatoms. The first-order valence-corrected chi connectivity index (χ1v) is 5.65. The van der Waals surface area contributed by atoms with E-state index in [-0.39, 0.29) is 13.3 Å². The second-order valence-corrected chi connectivity index (χ2v) is 4.04. The van der Waals surface area contributed by atoms with E-state index < -0.39 is 17.9 Å². The normalized spacial score (nSPS) is 15.1. The van der Waals surface area contributed by atoms with Gasteiger partial charge in [0.05, 0.1) is 12.1 Å². The molecule has 1 heterocycles. The Balaban J connectivity index is 1.88. The fraction of sp³-hybridized carbons (Fsp3) is 0.250. The third kappa shape index (κ3) is 3.29. The molecule has 3 amide bonds. The highest BCUT2D eigenvalue weighted by molar-refractivity contribution is 5.97. The molecule has 0 unspecified atom stereocenters. The molecule has 0 bridgehead atoms. The second kappa shape index (κ2) is 5.49. The number of benzene rings is 1. The van der Waals surface area contributed by atoms with Gasteiger partial charge in [0.1, 0.15) is 0 Å². The van der Waals surface area contributed by atoms with Gasteiger partial charge in [0, 0.05) is 0 Å². The van der Waals surface area contributed by atoms with E-state index in [4.69, 9.17) is 4.74 Å². The van der Waals surface area contributed by atoms with Crippen LogP contribution in [0.25, 0.3) is 0 Å². The number of esters is 1. The fourth-order valence-electron chi connectivity index (χ4n) is 1.47. The first-order chi connectivity index (χ1) is 9.06. The molecule has 1 aliphatic heterocycles. The average Bonchev–Trinajstić information content (AvgIpc) is 2.38. The molecule has 1 aromatic rings. The highest BCUT2D eigenvalue weighted by Gasteiger charge is 2.23. The first kappa shape index (κ1) is 13.0. The number of rotatable bonds is 3. The molecule has 0 spiro atoms. The molecule has 7 nitrogen and oxygen atoms in total. The summed E-state index contributed by atoms with van der Waals surface area (Å²) in [6.07, 6.45) is 0. The number of aryl methyl sites for hydroxylation is 1. The molecule has 1 saturated heterocycles. The Labute approximate surface area is 109 Å². The van der Waals surface area contributed by atoms with Crippen molar-refractivity contribution in [3.63, 3.8) is 0 Å². The van der Waals surface area contributed by atoms with Crippen LogP contribution in [-0.2, 0) is 9.53 Å². The van der Waals surface area contributed by atoms with Crippen LogP contribution in [0.2, 0.25) is 0 Å². The maximum Gasteiger partial charge on any atom is 0.341 e. The number of ether oxygens (including phenoxy) is 1. The molecular formula is C12H13N3O4. The van der Waals surface area contributed by atoms with Gasteiger partial charge in [-0.2, -0.15) is 0 Å². The van der Waals surface area contributed by atoms with Crippen molar-refractivity contribution in [2.24, 2.45) is 0 Å². The third-order valence-corrected chi connectivity index (χ3v) is 2.53. The number of imide groups is 1. The van der Waals surface area contributed by atoms with E-state index in [0.717, 1.165) is 10.6 Å². The second-order valence-electron chi connectivity index (χ2n) is 4.04. The highest BCUT2D eigenvalue weighted by atomic mass is 16.5. The summed E-state index contributed by atoms with van der Waals surface area (Å²) in [5.41, 5.74) is 3.97. The van der Waals surface area contributed by atoms with Gasteiger partial charge in [0.15, 0.2) is 6.73 Å². The monoisotopic (exact) mass is 263 g/mol. The Morgan fingerprint density at radius 3 is 2.63 bits per heavy atom. The predicted octanol–water partition coefficient (Wildman–Crippen LogP) is 0.166. The first-order valence-electron chi connectivity index (χ1n) is 5.65. The van der Waals surface area contributed by atoms with Gasteiger partial charge in [-0.3, -0.25) is 10.1 Å². The van der Waals surface area contributed by atoms with E-state index in [1.165, 1.54) is 0 Å². The van der Waals surface area contributed by atoms with Crippen molar-refractivity contribution < 1.29 is 19.1 Å². The van der Waals surface area contributed by atoms with Gasteiger partial charge in [-0.15, -0.1) is 0 Å². The largest absolute Gasteiger partial charge is 0.439 e. The number of urea groups is 1. The van der Waals surface area contributed by atoms with Crippen LogP contribution in [0.3, 0.4) is 0 Å². The minimum Gasteiger partial charge on any atom is -0.439 e. The zero-order valence-corrected chi connectivity index (χ0v) is 10.3. The van der Waals surface area contributed by atoms with Gasteiger partial charge < -0.3 is 4.74 Å². The summed E-state index contributed by atoms with van der Waals surface area (Å²) in [6.45, 7) is 1.60. The summed E-state index contributed by atoms with van der Waals surface area (Å²) < 4.78 is 4.97. The van der Waals surface area contributed by atoms with Crippen LogP contribution in [0.4, 0.5) is 4.79 Å². The van der Waals surface area contributed by atoms with E-state index in [2.05, 4.69) is 10.7 Å². The summed E-state index contributed by atoms with van der Waals surface area (Å²) in [6, 6.07) is 6.23. The lowest BCUT2D eigenvalue weighted by Crippen LogP contribution is -2.59. The molecule has 0 radical (unpaired) electrons. The quantitative estimate of drug-likeness (QED) is 0.759. The molecule has 0 atom stereocenters. The molecular weight excluding hydrogens is 250 g/mol. The number of nitrogens with zero attached hydrogens (tertiary/aromatic N) is 1. The molecule has 2 rings (SSSR count). The van der Waals surface area contributed by atoms with Crippen molar-refractivity contribution in [2.45, 2.75) is 6.92 Å². The Bertz CT molecular complexity index is 512. The molecule has 1 aromatic carbocycles. The molecule has 2 N–H and O–H groups in total. The lowest BCUT2D eigenvalue weighted by Gasteiger charge is -2.26. The fourth-order valence-corrected chi connectivity index (χ4v) is 1.47. The van der Waals surface area contributed by atoms with Gasteiger partial charge in [0.2, 0.25) is 5.91 Å². The Morgan fingerprint density at radius 2 is 2.00 bits per heavy atom. The van der Waals surface area contributed by atoms with E-state index >= 15 is 0 Å². The summed E-state index contributed by atoms with van der Waals surface area (Å²) >= 11 is 0. The smallest absolute Gasteiger partial charge is 0.341 e. The summed E-state index contributed by atoms with van der Waals surface area (Å²) in [4.78, 5) is 33.9. The average molecular weight is 263 g/mol. The minimum atomic E-state index is -0.645. The molecule has 1 fully saturated rings. The maximum atomic E-state index is 11.7. The number of hydrogen-bond acceptors (Lipinski definition) is 5. The summed E-state index contributed by atoms with van der Waals surface area (Å²) in [5, 5.41) is 3.12. The van der Waals surface area contributed by atoms with Gasteiger partial charge in [-0.1, -0.05) is 17.7 Å². The van der Waals surface area contributed by atoms with E-state index in [0.29, 0.717) is 5.56 Å². The molecule has 1 aliphatic rings. The number of carbonyl (C=O) groups is 3. The van der Waals surface area contributed by atoms with Crippen molar-refractivity contribution in [2.75, 3.05) is 13.3 Å². The number of amides is 3. The van der Waals surface area contributed by atoms with E-state index in [1.807, 2.05) is 6.92 Å². The zero-order chi connectivity index (χ0) is 13.8. The van der Waals surface area contributed by atoms with Crippen LogP contribution >= 0.6 is 0 Å². The number of hydrogen-bond donors (Lipinski definition) is 2. The van der Waals surface area contributed by atoms with Crippen molar-refractivity contribution >= 4 is 17.9 Å². The molecule has 100 valence electrons. The standard InChI is InChI=1S/C12H13N3O4/c1-8-2-4-9(5-3-8)11(17)19-7-15-12(18)14-10(16)6-13-15/h2-5,13H,6-7H2,1H3,(H,14,16,18). The number of carbonyl (C=O) groups excluding carboxylic acids is 3. The van der Waals surface area contributed by atoms with Crippen LogP contribution < -0.4 is 10.7 Å². The molecule has 0 aliphatic carbocycles. The van der Waals surface area contributed by atoms with Crippen molar-refractivity contribution in [3.8, 4) is 0 Å². The topological polar surface area (TPSA) is 87.7 Å². The van der Waals surface area contributed by atoms with Crippen LogP contribution in [-0.4, -0.2) is 36.2 Å². The van der Waals surface area contributed by atoms with Crippen molar-refractivity contribution in [3.05, 3.63) is 35.4 Å². The van der Waals surface area contributed by atoms with Crippen LogP contribution in [0, 0.1) is 6.92 Å². The predicted molar refractivity (Wildman–Crippen MR) is 64.8 cm³/mol.